The van der Waals surface area contributed by atoms with Crippen molar-refractivity contribution >= 4 is 21.4 Å². The van der Waals surface area contributed by atoms with Crippen molar-refractivity contribution in [2.24, 2.45) is 0 Å². The lowest BCUT2D eigenvalue weighted by atomic mass is 10.2. The highest BCUT2D eigenvalue weighted by Gasteiger charge is 2.13. The molecule has 0 radical (unpaired) electrons. The maximum absolute atomic E-state index is 12.2. The summed E-state index contributed by atoms with van der Waals surface area (Å²) >= 11 is 0. The predicted molar refractivity (Wildman–Crippen MR) is 84.7 cm³/mol. The summed E-state index contributed by atoms with van der Waals surface area (Å²) in [5.74, 6) is 0.454. The minimum Gasteiger partial charge on any atom is -0.494 e. The molecule has 21 heavy (non-hydrogen) atoms. The highest BCUT2D eigenvalue weighted by Crippen LogP contribution is 2.20. The summed E-state index contributed by atoms with van der Waals surface area (Å²) in [4.78, 5) is 0. The van der Waals surface area contributed by atoms with Crippen LogP contribution in [-0.4, -0.2) is 15.0 Å². The second-order valence-electron chi connectivity index (χ2n) is 4.52. The highest BCUT2D eigenvalue weighted by atomic mass is 32.2. The number of hydrogen-bond acceptors (Lipinski definition) is 4. The van der Waals surface area contributed by atoms with E-state index in [1.54, 1.807) is 48.5 Å². The molecule has 2 aromatic carbocycles. The number of nitrogens with one attached hydrogen (secondary N) is 1. The van der Waals surface area contributed by atoms with Crippen LogP contribution in [0.3, 0.4) is 0 Å². The first-order chi connectivity index (χ1) is 10.00. The predicted octanol–water partition coefficient (Wildman–Crippen LogP) is 2.61. The van der Waals surface area contributed by atoms with Crippen LogP contribution in [-0.2, 0) is 15.8 Å². The largest absolute Gasteiger partial charge is 0.494 e. The molecule has 112 valence electrons. The van der Waals surface area contributed by atoms with Crippen molar-refractivity contribution in [2.45, 2.75) is 12.7 Å². The van der Waals surface area contributed by atoms with Crippen LogP contribution in [0.5, 0.6) is 5.75 Å². The number of benzene rings is 2. The summed E-state index contributed by atoms with van der Waals surface area (Å²) in [6.07, 6.45) is 0. The Labute approximate surface area is 124 Å². The number of hydrogen-bond donors (Lipinski definition) is 2. The van der Waals surface area contributed by atoms with E-state index in [9.17, 15) is 8.42 Å². The molecular weight excluding hydrogens is 288 g/mol. The average molecular weight is 306 g/mol. The molecule has 0 unspecified atom stereocenters. The summed E-state index contributed by atoms with van der Waals surface area (Å²) in [6.45, 7) is 2.39. The first kappa shape index (κ1) is 15.2. The molecule has 0 heterocycles. The topological polar surface area (TPSA) is 81.4 Å². The van der Waals surface area contributed by atoms with Gasteiger partial charge in [-0.2, -0.15) is 0 Å². The SMILES string of the molecule is CCOc1cccc(NS(=O)(=O)Cc2ccccc2N)c1. The molecular formula is C15H18N2O3S. The number of rotatable bonds is 6. The van der Waals surface area contributed by atoms with Crippen LogP contribution in [0.1, 0.15) is 12.5 Å². The summed E-state index contributed by atoms with van der Waals surface area (Å²) < 4.78 is 32.2. The summed E-state index contributed by atoms with van der Waals surface area (Å²) in [5, 5.41) is 0. The molecule has 0 spiro atoms. The van der Waals surface area contributed by atoms with Crippen LogP contribution in [0.25, 0.3) is 0 Å². The minimum absolute atomic E-state index is 0.168. The molecule has 0 amide bonds. The number of para-hydroxylation sites is 1. The Kier molecular flexibility index (Phi) is 4.70. The number of anilines is 2. The van der Waals surface area contributed by atoms with Crippen molar-refractivity contribution in [1.29, 1.82) is 0 Å². The lowest BCUT2D eigenvalue weighted by Gasteiger charge is -2.11. The quantitative estimate of drug-likeness (QED) is 0.804. The van der Waals surface area contributed by atoms with Gasteiger partial charge in [0.25, 0.3) is 0 Å². The Bertz CT molecular complexity index is 714. The van der Waals surface area contributed by atoms with E-state index >= 15 is 0 Å². The molecule has 0 saturated heterocycles. The molecule has 0 saturated carbocycles. The van der Waals surface area contributed by atoms with Crippen LogP contribution in [0, 0.1) is 0 Å². The van der Waals surface area contributed by atoms with Gasteiger partial charge in [-0.25, -0.2) is 8.42 Å². The number of ether oxygens (including phenoxy) is 1. The number of nitrogens with two attached hydrogens (primary N) is 1. The van der Waals surface area contributed by atoms with Crippen molar-refractivity contribution in [2.75, 3.05) is 17.1 Å². The van der Waals surface area contributed by atoms with Gasteiger partial charge in [0.2, 0.25) is 10.0 Å². The van der Waals surface area contributed by atoms with Gasteiger partial charge in [0, 0.05) is 11.8 Å². The molecule has 5 nitrogen and oxygen atoms in total. The average Bonchev–Trinajstić information content (AvgIpc) is 2.41. The fraction of sp³-hybridized carbons (Fsp3) is 0.200. The van der Waals surface area contributed by atoms with Crippen LogP contribution < -0.4 is 15.2 Å². The Morgan fingerprint density at radius 3 is 2.62 bits per heavy atom. The standard InChI is InChI=1S/C15H18N2O3S/c1-2-20-14-8-5-7-13(10-14)17-21(18,19)11-12-6-3-4-9-15(12)16/h3-10,17H,2,11,16H2,1H3. The van der Waals surface area contributed by atoms with Crippen molar-refractivity contribution in [3.63, 3.8) is 0 Å². The molecule has 2 rings (SSSR count). The van der Waals surface area contributed by atoms with Gasteiger partial charge in [0.05, 0.1) is 18.0 Å². The van der Waals surface area contributed by atoms with E-state index < -0.39 is 10.0 Å². The van der Waals surface area contributed by atoms with E-state index in [4.69, 9.17) is 10.5 Å². The molecule has 0 aliphatic carbocycles. The Morgan fingerprint density at radius 2 is 1.90 bits per heavy atom. The van der Waals surface area contributed by atoms with E-state index in [-0.39, 0.29) is 5.75 Å². The highest BCUT2D eigenvalue weighted by molar-refractivity contribution is 7.91. The molecule has 0 bridgehead atoms. The van der Waals surface area contributed by atoms with Gasteiger partial charge >= 0.3 is 0 Å². The number of nitrogen functional groups attached to an aromatic ring is 1. The van der Waals surface area contributed by atoms with E-state index in [2.05, 4.69) is 4.72 Å². The van der Waals surface area contributed by atoms with Gasteiger partial charge in [0.1, 0.15) is 5.75 Å². The van der Waals surface area contributed by atoms with Crippen molar-refractivity contribution in [3.05, 3.63) is 54.1 Å². The molecule has 0 atom stereocenters. The Balaban J connectivity index is 2.14. The first-order valence-corrected chi connectivity index (χ1v) is 8.22. The van der Waals surface area contributed by atoms with Gasteiger partial charge in [0.15, 0.2) is 0 Å². The minimum atomic E-state index is -3.53. The normalized spacial score (nSPS) is 11.1. The Hall–Kier alpha value is -2.21. The fourth-order valence-corrected chi connectivity index (χ4v) is 3.13. The van der Waals surface area contributed by atoms with Crippen molar-refractivity contribution in [3.8, 4) is 5.75 Å². The molecule has 0 aliphatic heterocycles. The Morgan fingerprint density at radius 1 is 1.14 bits per heavy atom. The third-order valence-electron chi connectivity index (χ3n) is 2.82. The van der Waals surface area contributed by atoms with Crippen molar-refractivity contribution < 1.29 is 13.2 Å². The zero-order chi connectivity index (χ0) is 15.3. The van der Waals surface area contributed by atoms with Gasteiger partial charge in [-0.3, -0.25) is 4.72 Å². The second kappa shape index (κ2) is 6.49. The molecule has 0 aliphatic rings. The van der Waals surface area contributed by atoms with Gasteiger partial charge in [-0.15, -0.1) is 0 Å². The molecule has 3 N–H and O–H groups in total. The van der Waals surface area contributed by atoms with Crippen LogP contribution in [0.4, 0.5) is 11.4 Å². The van der Waals surface area contributed by atoms with E-state index in [0.29, 0.717) is 29.3 Å². The lowest BCUT2D eigenvalue weighted by Crippen LogP contribution is -2.16. The summed E-state index contributed by atoms with van der Waals surface area (Å²) in [7, 11) is -3.53. The lowest BCUT2D eigenvalue weighted by molar-refractivity contribution is 0.340. The summed E-state index contributed by atoms with van der Waals surface area (Å²) in [5.41, 5.74) is 7.28. The zero-order valence-electron chi connectivity index (χ0n) is 11.7. The van der Waals surface area contributed by atoms with E-state index in [0.717, 1.165) is 0 Å². The second-order valence-corrected chi connectivity index (χ2v) is 6.24. The van der Waals surface area contributed by atoms with E-state index in [1.807, 2.05) is 6.92 Å². The van der Waals surface area contributed by atoms with Gasteiger partial charge < -0.3 is 10.5 Å². The molecule has 2 aromatic rings. The molecule has 0 fully saturated rings. The van der Waals surface area contributed by atoms with Crippen LogP contribution >= 0.6 is 0 Å². The molecule has 0 aromatic heterocycles. The van der Waals surface area contributed by atoms with E-state index in [1.165, 1.54) is 0 Å². The maximum Gasteiger partial charge on any atom is 0.236 e. The van der Waals surface area contributed by atoms with Crippen LogP contribution in [0.2, 0.25) is 0 Å². The smallest absolute Gasteiger partial charge is 0.236 e. The fourth-order valence-electron chi connectivity index (χ4n) is 1.90. The third kappa shape index (κ3) is 4.39. The zero-order valence-corrected chi connectivity index (χ0v) is 12.6. The first-order valence-electron chi connectivity index (χ1n) is 6.57. The van der Waals surface area contributed by atoms with Gasteiger partial charge in [-0.1, -0.05) is 24.3 Å². The van der Waals surface area contributed by atoms with Crippen molar-refractivity contribution in [1.82, 2.24) is 0 Å². The third-order valence-corrected chi connectivity index (χ3v) is 4.06. The monoisotopic (exact) mass is 306 g/mol. The summed E-state index contributed by atoms with van der Waals surface area (Å²) in [6, 6.07) is 13.7. The molecule has 6 heteroatoms. The number of sulfonamides is 1. The van der Waals surface area contributed by atoms with Gasteiger partial charge in [-0.05, 0) is 30.7 Å². The van der Waals surface area contributed by atoms with Crippen LogP contribution in [0.15, 0.2) is 48.5 Å². The maximum atomic E-state index is 12.2.